The van der Waals surface area contributed by atoms with Crippen LogP contribution in [0.4, 0.5) is 0 Å². The molecule has 1 heterocycles. The van der Waals surface area contributed by atoms with Crippen molar-refractivity contribution in [2.24, 2.45) is 11.8 Å². The maximum Gasteiger partial charge on any atom is 0.0234 e. The molecule has 0 unspecified atom stereocenters. The van der Waals surface area contributed by atoms with Crippen molar-refractivity contribution in [3.05, 3.63) is 48.0 Å². The zero-order valence-electron chi connectivity index (χ0n) is 9.73. The fourth-order valence-corrected chi connectivity index (χ4v) is 3.24. The van der Waals surface area contributed by atoms with E-state index in [9.17, 15) is 0 Å². The lowest BCUT2D eigenvalue weighted by molar-refractivity contribution is 0.309. The summed E-state index contributed by atoms with van der Waals surface area (Å²) in [6, 6.07) is 10.8. The van der Waals surface area contributed by atoms with Crippen LogP contribution in [-0.4, -0.2) is 18.0 Å². The predicted molar refractivity (Wildman–Crippen MR) is 67.1 cm³/mol. The molecule has 1 saturated heterocycles. The van der Waals surface area contributed by atoms with Gasteiger partial charge in [0.2, 0.25) is 0 Å². The molecule has 2 aliphatic rings. The van der Waals surface area contributed by atoms with Crippen LogP contribution in [0.5, 0.6) is 0 Å². The molecule has 3 rings (SSSR count). The van der Waals surface area contributed by atoms with Gasteiger partial charge in [-0.05, 0) is 30.2 Å². The third-order valence-electron chi connectivity index (χ3n) is 4.13. The fraction of sp³-hybridized carbons (Fsp3) is 0.467. The minimum atomic E-state index is 0.795. The SMILES string of the molecule is C=C1CC[C@@H]2CN(Cc3ccccc3)C[C@H]12. The zero-order valence-corrected chi connectivity index (χ0v) is 9.73. The number of benzene rings is 1. The number of hydrogen-bond donors (Lipinski definition) is 0. The average Bonchev–Trinajstić information content (AvgIpc) is 2.83. The Labute approximate surface area is 97.8 Å². The Morgan fingerprint density at radius 2 is 2.00 bits per heavy atom. The monoisotopic (exact) mass is 213 g/mol. The molecule has 1 saturated carbocycles. The Morgan fingerprint density at radius 3 is 2.75 bits per heavy atom. The lowest BCUT2D eigenvalue weighted by Gasteiger charge is -2.16. The lowest BCUT2D eigenvalue weighted by Crippen LogP contribution is -2.21. The minimum Gasteiger partial charge on any atom is -0.298 e. The van der Waals surface area contributed by atoms with Crippen molar-refractivity contribution in [1.29, 1.82) is 0 Å². The summed E-state index contributed by atoms with van der Waals surface area (Å²) in [4.78, 5) is 2.59. The quantitative estimate of drug-likeness (QED) is 0.682. The number of likely N-dealkylation sites (tertiary alicyclic amines) is 1. The Balaban J connectivity index is 1.65. The molecule has 1 nitrogen and oxygen atoms in total. The number of nitrogens with zero attached hydrogens (tertiary/aromatic N) is 1. The van der Waals surface area contributed by atoms with E-state index >= 15 is 0 Å². The first kappa shape index (κ1) is 10.1. The predicted octanol–water partition coefficient (Wildman–Crippen LogP) is 3.08. The van der Waals surface area contributed by atoms with E-state index in [1.807, 2.05) is 0 Å². The van der Waals surface area contributed by atoms with Crippen LogP contribution in [-0.2, 0) is 6.54 Å². The first-order chi connectivity index (χ1) is 7.83. The summed E-state index contributed by atoms with van der Waals surface area (Å²) in [5.74, 6) is 1.69. The van der Waals surface area contributed by atoms with Crippen molar-refractivity contribution < 1.29 is 0 Å². The maximum atomic E-state index is 4.21. The Bertz CT molecular complexity index is 382. The van der Waals surface area contributed by atoms with E-state index in [4.69, 9.17) is 0 Å². The molecule has 0 radical (unpaired) electrons. The molecule has 0 N–H and O–H groups in total. The molecule has 0 bridgehead atoms. The van der Waals surface area contributed by atoms with Gasteiger partial charge in [0.05, 0.1) is 0 Å². The second kappa shape index (κ2) is 4.06. The van der Waals surface area contributed by atoms with Gasteiger partial charge in [-0.3, -0.25) is 4.90 Å². The Kier molecular flexibility index (Phi) is 2.56. The molecule has 1 aromatic rings. The Morgan fingerprint density at radius 1 is 1.19 bits per heavy atom. The van der Waals surface area contributed by atoms with Crippen LogP contribution in [0.1, 0.15) is 18.4 Å². The van der Waals surface area contributed by atoms with Gasteiger partial charge in [-0.15, -0.1) is 0 Å². The third-order valence-corrected chi connectivity index (χ3v) is 4.13. The van der Waals surface area contributed by atoms with Crippen molar-refractivity contribution in [2.75, 3.05) is 13.1 Å². The van der Waals surface area contributed by atoms with Gasteiger partial charge in [-0.1, -0.05) is 42.5 Å². The van der Waals surface area contributed by atoms with Crippen LogP contribution in [0, 0.1) is 11.8 Å². The average molecular weight is 213 g/mol. The molecule has 2 atom stereocenters. The highest BCUT2D eigenvalue weighted by atomic mass is 15.2. The molecule has 2 fully saturated rings. The van der Waals surface area contributed by atoms with Gasteiger partial charge in [0.15, 0.2) is 0 Å². The van der Waals surface area contributed by atoms with E-state index in [1.54, 1.807) is 0 Å². The fourth-order valence-electron chi connectivity index (χ4n) is 3.24. The van der Waals surface area contributed by atoms with Crippen LogP contribution in [0.3, 0.4) is 0 Å². The highest BCUT2D eigenvalue weighted by molar-refractivity contribution is 5.17. The highest BCUT2D eigenvalue weighted by Crippen LogP contribution is 2.41. The van der Waals surface area contributed by atoms with Crippen LogP contribution >= 0.6 is 0 Å². The molecule has 1 aromatic carbocycles. The van der Waals surface area contributed by atoms with Gasteiger partial charge in [-0.25, -0.2) is 0 Å². The second-order valence-electron chi connectivity index (χ2n) is 5.24. The molecule has 0 aromatic heterocycles. The van der Waals surface area contributed by atoms with Gasteiger partial charge < -0.3 is 0 Å². The molecule has 0 amide bonds. The molecular formula is C15H19N. The van der Waals surface area contributed by atoms with Crippen LogP contribution in [0.25, 0.3) is 0 Å². The third kappa shape index (κ3) is 1.80. The zero-order chi connectivity index (χ0) is 11.0. The molecule has 84 valence electrons. The Hall–Kier alpha value is -1.08. The molecule has 1 aliphatic heterocycles. The summed E-state index contributed by atoms with van der Waals surface area (Å²) in [6.45, 7) is 7.83. The van der Waals surface area contributed by atoms with E-state index in [0.717, 1.165) is 18.4 Å². The van der Waals surface area contributed by atoms with Gasteiger partial charge in [0, 0.05) is 19.6 Å². The maximum absolute atomic E-state index is 4.21. The van der Waals surface area contributed by atoms with E-state index in [2.05, 4.69) is 41.8 Å². The van der Waals surface area contributed by atoms with E-state index < -0.39 is 0 Å². The largest absolute Gasteiger partial charge is 0.298 e. The number of rotatable bonds is 2. The van der Waals surface area contributed by atoms with Gasteiger partial charge in [-0.2, -0.15) is 0 Å². The first-order valence-corrected chi connectivity index (χ1v) is 6.27. The summed E-state index contributed by atoms with van der Waals surface area (Å²) in [5.41, 5.74) is 2.94. The molecule has 1 aliphatic carbocycles. The topological polar surface area (TPSA) is 3.24 Å². The van der Waals surface area contributed by atoms with Crippen LogP contribution < -0.4 is 0 Å². The van der Waals surface area contributed by atoms with Crippen LogP contribution in [0.15, 0.2) is 42.5 Å². The van der Waals surface area contributed by atoms with E-state index in [-0.39, 0.29) is 0 Å². The summed E-state index contributed by atoms with van der Waals surface area (Å²) in [6.07, 6.45) is 2.64. The van der Waals surface area contributed by atoms with Crippen molar-refractivity contribution >= 4 is 0 Å². The molecular weight excluding hydrogens is 194 g/mol. The van der Waals surface area contributed by atoms with E-state index in [1.165, 1.54) is 37.1 Å². The molecule has 16 heavy (non-hydrogen) atoms. The van der Waals surface area contributed by atoms with Crippen molar-refractivity contribution in [2.45, 2.75) is 19.4 Å². The smallest absolute Gasteiger partial charge is 0.0234 e. The highest BCUT2D eigenvalue weighted by Gasteiger charge is 2.37. The van der Waals surface area contributed by atoms with Crippen LogP contribution in [0.2, 0.25) is 0 Å². The number of fused-ring (bicyclic) bond motifs is 1. The summed E-state index contributed by atoms with van der Waals surface area (Å²) in [5, 5.41) is 0. The summed E-state index contributed by atoms with van der Waals surface area (Å²) in [7, 11) is 0. The second-order valence-corrected chi connectivity index (χ2v) is 5.24. The van der Waals surface area contributed by atoms with Gasteiger partial charge in [0.25, 0.3) is 0 Å². The lowest BCUT2D eigenvalue weighted by atomic mass is 9.98. The van der Waals surface area contributed by atoms with Crippen molar-refractivity contribution in [1.82, 2.24) is 4.90 Å². The summed E-state index contributed by atoms with van der Waals surface area (Å²) < 4.78 is 0. The van der Waals surface area contributed by atoms with Gasteiger partial charge in [0.1, 0.15) is 0 Å². The van der Waals surface area contributed by atoms with Gasteiger partial charge >= 0.3 is 0 Å². The van der Waals surface area contributed by atoms with Crippen molar-refractivity contribution in [3.8, 4) is 0 Å². The van der Waals surface area contributed by atoms with E-state index in [0.29, 0.717) is 0 Å². The molecule has 1 heteroatoms. The summed E-state index contributed by atoms with van der Waals surface area (Å²) >= 11 is 0. The minimum absolute atomic E-state index is 0.795. The van der Waals surface area contributed by atoms with Crippen molar-refractivity contribution in [3.63, 3.8) is 0 Å². The normalized spacial score (nSPS) is 29.6. The standard InChI is InChI=1S/C15H19N/c1-12-7-8-14-10-16(11-15(12)14)9-13-5-3-2-4-6-13/h2-6,14-15H,1,7-11H2/t14-,15-/m1/s1. The number of hydrogen-bond acceptors (Lipinski definition) is 1. The first-order valence-electron chi connectivity index (χ1n) is 6.27. The molecule has 0 spiro atoms.